The summed E-state index contributed by atoms with van der Waals surface area (Å²) in [4.78, 5) is 12.0. The number of hydrogen-bond donors (Lipinski definition) is 1. The molecule has 2 aromatic carbocycles. The van der Waals surface area contributed by atoms with Crippen molar-refractivity contribution in [3.8, 4) is 11.5 Å². The molecule has 0 aliphatic carbocycles. The van der Waals surface area contributed by atoms with Gasteiger partial charge in [-0.3, -0.25) is 4.79 Å². The zero-order valence-electron chi connectivity index (χ0n) is 11.3. The van der Waals surface area contributed by atoms with Crippen LogP contribution in [0.5, 0.6) is 11.5 Å². The third-order valence-electron chi connectivity index (χ3n) is 3.23. The number of amides is 1. The zero-order valence-corrected chi connectivity index (χ0v) is 11.3. The summed E-state index contributed by atoms with van der Waals surface area (Å²) in [5.41, 5.74) is 1.64. The van der Waals surface area contributed by atoms with E-state index >= 15 is 0 Å². The van der Waals surface area contributed by atoms with Gasteiger partial charge < -0.3 is 14.8 Å². The van der Waals surface area contributed by atoms with Crippen molar-refractivity contribution in [3.63, 3.8) is 0 Å². The first-order chi connectivity index (χ1) is 10.2. The fourth-order valence-corrected chi connectivity index (χ4v) is 2.17. The van der Waals surface area contributed by atoms with Crippen molar-refractivity contribution in [2.45, 2.75) is 13.0 Å². The maximum atomic E-state index is 12.8. The Morgan fingerprint density at radius 3 is 2.76 bits per heavy atom. The monoisotopic (exact) mass is 287 g/mol. The van der Waals surface area contributed by atoms with E-state index in [4.69, 9.17) is 9.47 Å². The summed E-state index contributed by atoms with van der Waals surface area (Å²) in [6, 6.07) is 11.5. The van der Waals surface area contributed by atoms with E-state index in [0.717, 1.165) is 11.1 Å². The van der Waals surface area contributed by atoms with Crippen LogP contribution in [0.25, 0.3) is 0 Å². The molecule has 0 saturated heterocycles. The van der Waals surface area contributed by atoms with Crippen LogP contribution >= 0.6 is 0 Å². The van der Waals surface area contributed by atoms with Crippen molar-refractivity contribution >= 4 is 5.91 Å². The lowest BCUT2D eigenvalue weighted by Gasteiger charge is -2.07. The SMILES string of the molecule is O=C(Cc1cccc2c1OCO2)NCc1ccc(F)cc1. The molecule has 0 radical (unpaired) electrons. The second-order valence-electron chi connectivity index (χ2n) is 4.73. The molecule has 0 aromatic heterocycles. The summed E-state index contributed by atoms with van der Waals surface area (Å²) in [7, 11) is 0. The molecule has 0 unspecified atom stereocenters. The number of para-hydroxylation sites is 1. The lowest BCUT2D eigenvalue weighted by molar-refractivity contribution is -0.120. The van der Waals surface area contributed by atoms with Gasteiger partial charge in [0.2, 0.25) is 12.7 Å². The number of rotatable bonds is 4. The van der Waals surface area contributed by atoms with Gasteiger partial charge in [-0.15, -0.1) is 0 Å². The van der Waals surface area contributed by atoms with Gasteiger partial charge in [0.1, 0.15) is 5.82 Å². The highest BCUT2D eigenvalue weighted by Crippen LogP contribution is 2.35. The second kappa shape index (κ2) is 5.83. The Morgan fingerprint density at radius 2 is 1.95 bits per heavy atom. The van der Waals surface area contributed by atoms with E-state index in [-0.39, 0.29) is 24.9 Å². The van der Waals surface area contributed by atoms with Crippen LogP contribution in [0.1, 0.15) is 11.1 Å². The van der Waals surface area contributed by atoms with Crippen molar-refractivity contribution in [1.29, 1.82) is 0 Å². The highest BCUT2D eigenvalue weighted by atomic mass is 19.1. The van der Waals surface area contributed by atoms with E-state index < -0.39 is 0 Å². The normalized spacial score (nSPS) is 12.2. The molecule has 0 bridgehead atoms. The second-order valence-corrected chi connectivity index (χ2v) is 4.73. The summed E-state index contributed by atoms with van der Waals surface area (Å²) in [6.45, 7) is 0.551. The molecule has 1 heterocycles. The lowest BCUT2D eigenvalue weighted by atomic mass is 10.1. The molecule has 0 spiro atoms. The lowest BCUT2D eigenvalue weighted by Crippen LogP contribution is -2.24. The Balaban J connectivity index is 1.60. The van der Waals surface area contributed by atoms with Crippen molar-refractivity contribution in [2.75, 3.05) is 6.79 Å². The van der Waals surface area contributed by atoms with E-state index in [9.17, 15) is 9.18 Å². The topological polar surface area (TPSA) is 47.6 Å². The average molecular weight is 287 g/mol. The number of hydrogen-bond acceptors (Lipinski definition) is 3. The summed E-state index contributed by atoms with van der Waals surface area (Å²) >= 11 is 0. The van der Waals surface area contributed by atoms with Crippen LogP contribution < -0.4 is 14.8 Å². The number of nitrogens with one attached hydrogen (secondary N) is 1. The Morgan fingerprint density at radius 1 is 1.14 bits per heavy atom. The predicted octanol–water partition coefficient (Wildman–Crippen LogP) is 2.41. The van der Waals surface area contributed by atoms with Gasteiger partial charge in [0.25, 0.3) is 0 Å². The number of fused-ring (bicyclic) bond motifs is 1. The number of ether oxygens (including phenoxy) is 2. The summed E-state index contributed by atoms with van der Waals surface area (Å²) in [6.07, 6.45) is 0.216. The van der Waals surface area contributed by atoms with Gasteiger partial charge in [0.15, 0.2) is 11.5 Å². The van der Waals surface area contributed by atoms with Gasteiger partial charge in [-0.1, -0.05) is 24.3 Å². The molecule has 0 fully saturated rings. The van der Waals surface area contributed by atoms with E-state index in [1.807, 2.05) is 18.2 Å². The maximum absolute atomic E-state index is 12.8. The van der Waals surface area contributed by atoms with Crippen LogP contribution in [0.2, 0.25) is 0 Å². The van der Waals surface area contributed by atoms with Crippen LogP contribution in [0.3, 0.4) is 0 Å². The highest BCUT2D eigenvalue weighted by Gasteiger charge is 2.18. The van der Waals surface area contributed by atoms with Gasteiger partial charge in [-0.25, -0.2) is 4.39 Å². The molecular weight excluding hydrogens is 273 g/mol. The van der Waals surface area contributed by atoms with E-state index in [0.29, 0.717) is 18.0 Å². The first-order valence-corrected chi connectivity index (χ1v) is 6.61. The Labute approximate surface area is 121 Å². The Hall–Kier alpha value is -2.56. The molecule has 1 aliphatic heterocycles. The molecule has 0 atom stereocenters. The minimum Gasteiger partial charge on any atom is -0.454 e. The van der Waals surface area contributed by atoms with Gasteiger partial charge in [0, 0.05) is 12.1 Å². The number of carbonyl (C=O) groups excluding carboxylic acids is 1. The van der Waals surface area contributed by atoms with Gasteiger partial charge in [-0.2, -0.15) is 0 Å². The summed E-state index contributed by atoms with van der Waals surface area (Å²) in [5, 5.41) is 2.80. The van der Waals surface area contributed by atoms with Gasteiger partial charge >= 0.3 is 0 Å². The summed E-state index contributed by atoms with van der Waals surface area (Å²) < 4.78 is 23.4. The maximum Gasteiger partial charge on any atom is 0.231 e. The molecule has 2 aromatic rings. The molecule has 1 amide bonds. The molecule has 4 nitrogen and oxygen atoms in total. The first-order valence-electron chi connectivity index (χ1n) is 6.61. The van der Waals surface area contributed by atoms with E-state index in [1.54, 1.807) is 12.1 Å². The molecular formula is C16H14FNO3. The molecule has 1 N–H and O–H groups in total. The number of benzene rings is 2. The fraction of sp³-hybridized carbons (Fsp3) is 0.188. The smallest absolute Gasteiger partial charge is 0.231 e. The van der Waals surface area contributed by atoms with Crippen LogP contribution in [-0.4, -0.2) is 12.7 Å². The Kier molecular flexibility index (Phi) is 3.73. The van der Waals surface area contributed by atoms with Crippen molar-refractivity contribution in [2.24, 2.45) is 0 Å². The van der Waals surface area contributed by atoms with Gasteiger partial charge in [0.05, 0.1) is 6.42 Å². The predicted molar refractivity (Wildman–Crippen MR) is 74.5 cm³/mol. The zero-order chi connectivity index (χ0) is 14.7. The molecule has 0 saturated carbocycles. The fourth-order valence-electron chi connectivity index (χ4n) is 2.17. The molecule has 5 heteroatoms. The third-order valence-corrected chi connectivity index (χ3v) is 3.23. The first kappa shape index (κ1) is 13.4. The number of halogens is 1. The van der Waals surface area contributed by atoms with Gasteiger partial charge in [-0.05, 0) is 23.8 Å². The van der Waals surface area contributed by atoms with Crippen molar-refractivity contribution < 1.29 is 18.7 Å². The molecule has 21 heavy (non-hydrogen) atoms. The molecule has 1 aliphatic rings. The third kappa shape index (κ3) is 3.13. The largest absolute Gasteiger partial charge is 0.454 e. The van der Waals surface area contributed by atoms with Crippen LogP contribution in [0.4, 0.5) is 4.39 Å². The summed E-state index contributed by atoms with van der Waals surface area (Å²) in [5.74, 6) is 0.888. The minimum atomic E-state index is -0.290. The molecule has 3 rings (SSSR count). The molecule has 108 valence electrons. The van der Waals surface area contributed by atoms with Crippen LogP contribution in [-0.2, 0) is 17.8 Å². The van der Waals surface area contributed by atoms with Crippen LogP contribution in [0, 0.1) is 5.82 Å². The Bertz CT molecular complexity index is 655. The quantitative estimate of drug-likeness (QED) is 0.939. The number of carbonyl (C=O) groups is 1. The highest BCUT2D eigenvalue weighted by molar-refractivity contribution is 5.79. The standard InChI is InChI=1S/C16H14FNO3/c17-13-6-4-11(5-7-13)9-18-15(19)8-12-2-1-3-14-16(12)21-10-20-14/h1-7H,8-10H2,(H,18,19). The average Bonchev–Trinajstić information content (AvgIpc) is 2.96. The van der Waals surface area contributed by atoms with E-state index in [2.05, 4.69) is 5.32 Å². The van der Waals surface area contributed by atoms with Crippen molar-refractivity contribution in [1.82, 2.24) is 5.32 Å². The minimum absolute atomic E-state index is 0.122. The van der Waals surface area contributed by atoms with E-state index in [1.165, 1.54) is 12.1 Å². The van der Waals surface area contributed by atoms with Crippen molar-refractivity contribution in [3.05, 3.63) is 59.4 Å². The van der Waals surface area contributed by atoms with Crippen LogP contribution in [0.15, 0.2) is 42.5 Å².